The summed E-state index contributed by atoms with van der Waals surface area (Å²) in [5, 5.41) is 10.8. The van der Waals surface area contributed by atoms with Crippen LogP contribution < -0.4 is 0 Å². The molecule has 0 amide bonds. The second-order valence-electron chi connectivity index (χ2n) is 6.82. The zero-order chi connectivity index (χ0) is 14.2. The zero-order valence-electron chi connectivity index (χ0n) is 13.0. The van der Waals surface area contributed by atoms with E-state index in [1.165, 1.54) is 0 Å². The lowest BCUT2D eigenvalue weighted by Gasteiger charge is -2.40. The molecule has 0 aliphatic carbocycles. The van der Waals surface area contributed by atoms with Crippen molar-refractivity contribution in [3.05, 3.63) is 0 Å². The Morgan fingerprint density at radius 2 is 1.89 bits per heavy atom. The van der Waals surface area contributed by atoms with E-state index in [1.54, 1.807) is 0 Å². The molecule has 1 heterocycles. The molecule has 0 radical (unpaired) electrons. The van der Waals surface area contributed by atoms with Crippen molar-refractivity contribution < 1.29 is 14.6 Å². The van der Waals surface area contributed by atoms with Crippen molar-refractivity contribution in [1.82, 2.24) is 0 Å². The first-order valence-corrected chi connectivity index (χ1v) is 7.10. The maximum absolute atomic E-state index is 10.8. The van der Waals surface area contributed by atoms with Crippen molar-refractivity contribution in [2.45, 2.75) is 84.2 Å². The van der Waals surface area contributed by atoms with Gasteiger partial charge in [-0.05, 0) is 54.4 Å². The molecule has 0 aromatic rings. The molecule has 108 valence electrons. The molecule has 0 bridgehead atoms. The Balaban J connectivity index is 2.92. The highest BCUT2D eigenvalue weighted by molar-refractivity contribution is 5.02. The summed E-state index contributed by atoms with van der Waals surface area (Å²) in [6.07, 6.45) is 1.16. The van der Waals surface area contributed by atoms with Gasteiger partial charge in [-0.2, -0.15) is 0 Å². The van der Waals surface area contributed by atoms with Crippen LogP contribution in [0, 0.1) is 5.92 Å². The molecule has 1 saturated heterocycles. The molecule has 3 nitrogen and oxygen atoms in total. The fourth-order valence-corrected chi connectivity index (χ4v) is 3.25. The quantitative estimate of drug-likeness (QED) is 0.823. The summed E-state index contributed by atoms with van der Waals surface area (Å²) in [6, 6.07) is 0. The lowest BCUT2D eigenvalue weighted by molar-refractivity contribution is -0.155. The van der Waals surface area contributed by atoms with Crippen LogP contribution >= 0.6 is 0 Å². The van der Waals surface area contributed by atoms with Gasteiger partial charge in [0.25, 0.3) is 0 Å². The predicted octanol–water partition coefficient (Wildman–Crippen LogP) is 3.15. The second kappa shape index (κ2) is 5.10. The van der Waals surface area contributed by atoms with Crippen LogP contribution in [0.1, 0.15) is 61.3 Å². The summed E-state index contributed by atoms with van der Waals surface area (Å²) in [4.78, 5) is 0. The van der Waals surface area contributed by atoms with Crippen LogP contribution in [0.15, 0.2) is 0 Å². The minimum absolute atomic E-state index is 0.101. The Labute approximate surface area is 112 Å². The van der Waals surface area contributed by atoms with Gasteiger partial charge in [-0.25, -0.2) is 0 Å². The lowest BCUT2D eigenvalue weighted by Crippen LogP contribution is -2.50. The number of hydrogen-bond donors (Lipinski definition) is 1. The van der Waals surface area contributed by atoms with E-state index < -0.39 is 11.7 Å². The Kier molecular flexibility index (Phi) is 4.52. The van der Waals surface area contributed by atoms with E-state index in [2.05, 4.69) is 34.6 Å². The third-order valence-corrected chi connectivity index (χ3v) is 4.33. The standard InChI is InChI=1S/C15H30O3/c1-8-15(7,17-9-2)12(16)11-10-13(3,4)18-14(11,5)6/h11-12,16H,8-10H2,1-7H3. The number of aliphatic hydroxyl groups is 1. The fourth-order valence-electron chi connectivity index (χ4n) is 3.25. The second-order valence-corrected chi connectivity index (χ2v) is 6.82. The van der Waals surface area contributed by atoms with E-state index in [4.69, 9.17) is 9.47 Å². The summed E-state index contributed by atoms with van der Waals surface area (Å²) < 4.78 is 11.9. The third kappa shape index (κ3) is 3.06. The zero-order valence-corrected chi connectivity index (χ0v) is 13.0. The summed E-state index contributed by atoms with van der Waals surface area (Å²) in [6.45, 7) is 15.0. The molecule has 1 fully saturated rings. The molecule has 1 aliphatic heterocycles. The van der Waals surface area contributed by atoms with E-state index in [-0.39, 0.29) is 17.1 Å². The smallest absolute Gasteiger partial charge is 0.0913 e. The highest BCUT2D eigenvalue weighted by atomic mass is 16.5. The SMILES string of the molecule is CCOC(C)(CC)C(O)C1CC(C)(C)OC1(C)C. The molecule has 18 heavy (non-hydrogen) atoms. The average Bonchev–Trinajstić information content (AvgIpc) is 2.45. The number of rotatable bonds is 5. The van der Waals surface area contributed by atoms with Crippen molar-refractivity contribution in [2.75, 3.05) is 6.61 Å². The Morgan fingerprint density at radius 1 is 1.33 bits per heavy atom. The highest BCUT2D eigenvalue weighted by Gasteiger charge is 2.53. The lowest BCUT2D eigenvalue weighted by atomic mass is 9.76. The molecule has 0 aromatic carbocycles. The van der Waals surface area contributed by atoms with Crippen molar-refractivity contribution in [1.29, 1.82) is 0 Å². The van der Waals surface area contributed by atoms with Crippen molar-refractivity contribution in [3.63, 3.8) is 0 Å². The number of hydrogen-bond acceptors (Lipinski definition) is 3. The minimum atomic E-state index is -0.501. The van der Waals surface area contributed by atoms with Crippen LogP contribution in [0.5, 0.6) is 0 Å². The van der Waals surface area contributed by atoms with Gasteiger partial charge in [0, 0.05) is 12.5 Å². The summed E-state index contributed by atoms with van der Waals surface area (Å²) in [5.41, 5.74) is -0.965. The van der Waals surface area contributed by atoms with Gasteiger partial charge in [-0.3, -0.25) is 0 Å². The minimum Gasteiger partial charge on any atom is -0.390 e. The summed E-state index contributed by atoms with van der Waals surface area (Å²) >= 11 is 0. The molecular weight excluding hydrogens is 228 g/mol. The first-order chi connectivity index (χ1) is 8.08. The maximum atomic E-state index is 10.8. The predicted molar refractivity (Wildman–Crippen MR) is 73.7 cm³/mol. The summed E-state index contributed by atoms with van der Waals surface area (Å²) in [7, 11) is 0. The number of aliphatic hydroxyl groups excluding tert-OH is 1. The van der Waals surface area contributed by atoms with E-state index >= 15 is 0 Å². The monoisotopic (exact) mass is 258 g/mol. The van der Waals surface area contributed by atoms with Gasteiger partial charge in [-0.1, -0.05) is 6.92 Å². The Morgan fingerprint density at radius 3 is 2.22 bits per heavy atom. The van der Waals surface area contributed by atoms with Crippen LogP contribution in [-0.2, 0) is 9.47 Å². The molecule has 0 spiro atoms. The first kappa shape index (κ1) is 15.9. The average molecular weight is 258 g/mol. The normalized spacial score (nSPS) is 31.0. The largest absolute Gasteiger partial charge is 0.390 e. The topological polar surface area (TPSA) is 38.7 Å². The molecule has 3 atom stereocenters. The molecule has 1 rings (SSSR count). The van der Waals surface area contributed by atoms with E-state index in [0.29, 0.717) is 6.61 Å². The third-order valence-electron chi connectivity index (χ3n) is 4.33. The van der Waals surface area contributed by atoms with Crippen LogP contribution in [0.4, 0.5) is 0 Å². The van der Waals surface area contributed by atoms with Gasteiger partial charge in [0.15, 0.2) is 0 Å². The molecule has 3 heteroatoms. The molecule has 3 unspecified atom stereocenters. The van der Waals surface area contributed by atoms with Crippen LogP contribution in [-0.4, -0.2) is 34.6 Å². The Bertz CT molecular complexity index is 285. The van der Waals surface area contributed by atoms with E-state index in [9.17, 15) is 5.11 Å². The molecule has 0 saturated carbocycles. The highest BCUT2D eigenvalue weighted by Crippen LogP contribution is 2.46. The van der Waals surface area contributed by atoms with Crippen LogP contribution in [0.25, 0.3) is 0 Å². The molecule has 0 aromatic heterocycles. The van der Waals surface area contributed by atoms with Gasteiger partial charge in [0.1, 0.15) is 0 Å². The van der Waals surface area contributed by atoms with Crippen molar-refractivity contribution in [2.24, 2.45) is 5.92 Å². The van der Waals surface area contributed by atoms with Crippen LogP contribution in [0.3, 0.4) is 0 Å². The fraction of sp³-hybridized carbons (Fsp3) is 1.00. The van der Waals surface area contributed by atoms with Gasteiger partial charge in [0.05, 0.1) is 22.9 Å². The summed E-state index contributed by atoms with van der Waals surface area (Å²) in [5.74, 6) is 0.101. The van der Waals surface area contributed by atoms with E-state index in [1.807, 2.05) is 13.8 Å². The van der Waals surface area contributed by atoms with E-state index in [0.717, 1.165) is 12.8 Å². The number of ether oxygens (including phenoxy) is 2. The van der Waals surface area contributed by atoms with Crippen LogP contribution in [0.2, 0.25) is 0 Å². The van der Waals surface area contributed by atoms with Gasteiger partial charge < -0.3 is 14.6 Å². The van der Waals surface area contributed by atoms with Gasteiger partial charge in [0.2, 0.25) is 0 Å². The molecule has 1 N–H and O–H groups in total. The molecule has 1 aliphatic rings. The van der Waals surface area contributed by atoms with Gasteiger partial charge in [-0.15, -0.1) is 0 Å². The van der Waals surface area contributed by atoms with Gasteiger partial charge >= 0.3 is 0 Å². The van der Waals surface area contributed by atoms with Crippen molar-refractivity contribution >= 4 is 0 Å². The van der Waals surface area contributed by atoms with Crippen molar-refractivity contribution in [3.8, 4) is 0 Å². The molecular formula is C15H30O3. The Hall–Kier alpha value is -0.120. The first-order valence-electron chi connectivity index (χ1n) is 7.10. The maximum Gasteiger partial charge on any atom is 0.0913 e.